The first-order valence-corrected chi connectivity index (χ1v) is 13.2. The van der Waals surface area contributed by atoms with Crippen LogP contribution in [0.25, 0.3) is 22.5 Å². The average molecular weight is 543 g/mol. The summed E-state index contributed by atoms with van der Waals surface area (Å²) in [6.45, 7) is 3.88. The van der Waals surface area contributed by atoms with Gasteiger partial charge in [0.05, 0.1) is 18.9 Å². The molecule has 2 N–H and O–H groups in total. The number of halogens is 3. The van der Waals surface area contributed by atoms with Crippen LogP contribution < -0.4 is 15.7 Å². The van der Waals surface area contributed by atoms with Gasteiger partial charge >= 0.3 is 0 Å². The van der Waals surface area contributed by atoms with E-state index in [-0.39, 0.29) is 11.6 Å². The van der Waals surface area contributed by atoms with E-state index in [1.165, 1.54) is 6.07 Å². The van der Waals surface area contributed by atoms with Crippen molar-refractivity contribution in [3.8, 4) is 22.5 Å². The van der Waals surface area contributed by atoms with Gasteiger partial charge in [0, 0.05) is 36.0 Å². The number of hydrogen-bond donors (Lipinski definition) is 2. The van der Waals surface area contributed by atoms with Gasteiger partial charge in [0.25, 0.3) is 10.0 Å². The van der Waals surface area contributed by atoms with Crippen molar-refractivity contribution < 1.29 is 26.3 Å². The number of pyridine rings is 1. The van der Waals surface area contributed by atoms with Crippen LogP contribution >= 0.6 is 0 Å². The SMILES string of the molecule is Cc1ccc(NS(=O)(=O)c2cc(F)ccc2F)c(F)c1-c1cc2cnc(=NC3COC3)nc-2n2c1NCC2. The second kappa shape index (κ2) is 9.10. The fourth-order valence-electron chi connectivity index (χ4n) is 4.54. The molecule has 0 aromatic heterocycles. The van der Waals surface area contributed by atoms with Gasteiger partial charge in [-0.3, -0.25) is 4.72 Å². The number of sulfonamides is 1. The smallest absolute Gasteiger partial charge is 0.265 e. The molecule has 4 heterocycles. The zero-order valence-electron chi connectivity index (χ0n) is 20.0. The lowest BCUT2D eigenvalue weighted by Crippen LogP contribution is -2.34. The maximum atomic E-state index is 16.0. The third-order valence-electron chi connectivity index (χ3n) is 6.46. The van der Waals surface area contributed by atoms with Gasteiger partial charge in [-0.15, -0.1) is 0 Å². The molecule has 0 aliphatic carbocycles. The third-order valence-corrected chi connectivity index (χ3v) is 7.84. The van der Waals surface area contributed by atoms with Gasteiger partial charge in [0.15, 0.2) is 5.82 Å². The molecule has 1 fully saturated rings. The van der Waals surface area contributed by atoms with E-state index in [9.17, 15) is 17.2 Å². The van der Waals surface area contributed by atoms with Gasteiger partial charge in [0.1, 0.15) is 34.2 Å². The molecule has 0 atom stereocenters. The van der Waals surface area contributed by atoms with Crippen molar-refractivity contribution in [2.45, 2.75) is 24.4 Å². The topological polar surface area (TPSA) is 110 Å². The Hall–Kier alpha value is -3.97. The maximum Gasteiger partial charge on any atom is 0.265 e. The van der Waals surface area contributed by atoms with Gasteiger partial charge in [-0.05, 0) is 42.8 Å². The molecule has 0 unspecified atom stereocenters. The molecule has 0 radical (unpaired) electrons. The number of rotatable bonds is 5. The summed E-state index contributed by atoms with van der Waals surface area (Å²) in [6.07, 6.45) is 1.61. The van der Waals surface area contributed by atoms with Gasteiger partial charge in [-0.25, -0.2) is 31.6 Å². The first-order valence-electron chi connectivity index (χ1n) is 11.7. The minimum atomic E-state index is -4.62. The molecule has 0 bridgehead atoms. The molecule has 2 aromatic rings. The van der Waals surface area contributed by atoms with Crippen molar-refractivity contribution in [3.05, 3.63) is 71.2 Å². The number of hydrogen-bond acceptors (Lipinski definition) is 7. The van der Waals surface area contributed by atoms with Crippen LogP contribution in [0.4, 0.5) is 24.7 Å². The van der Waals surface area contributed by atoms with Crippen LogP contribution in [0.3, 0.4) is 0 Å². The predicted octanol–water partition coefficient (Wildman–Crippen LogP) is 3.30. The van der Waals surface area contributed by atoms with Crippen LogP contribution in [0.2, 0.25) is 0 Å². The Balaban J connectivity index is 1.46. The fourth-order valence-corrected chi connectivity index (χ4v) is 5.69. The van der Waals surface area contributed by atoms with Crippen LogP contribution in [0, 0.1) is 24.4 Å². The van der Waals surface area contributed by atoms with Crippen LogP contribution in [0.1, 0.15) is 5.56 Å². The van der Waals surface area contributed by atoms with E-state index in [2.05, 4.69) is 25.0 Å². The number of nitrogens with one attached hydrogen (secondary N) is 2. The van der Waals surface area contributed by atoms with Crippen molar-refractivity contribution >= 4 is 21.5 Å². The van der Waals surface area contributed by atoms with Crippen LogP contribution in [-0.2, 0) is 21.3 Å². The average Bonchev–Trinajstić information content (AvgIpc) is 3.35. The highest BCUT2D eigenvalue weighted by Crippen LogP contribution is 2.41. The van der Waals surface area contributed by atoms with Crippen molar-refractivity contribution in [2.75, 3.05) is 29.8 Å². The molecular formula is C25H21F3N6O3S. The van der Waals surface area contributed by atoms with E-state index >= 15 is 4.39 Å². The lowest BCUT2D eigenvalue weighted by atomic mass is 9.97. The summed E-state index contributed by atoms with van der Waals surface area (Å²) in [7, 11) is -4.62. The molecule has 9 nitrogen and oxygen atoms in total. The van der Waals surface area contributed by atoms with Gasteiger partial charge in [-0.1, -0.05) is 6.07 Å². The number of anilines is 2. The highest BCUT2D eigenvalue weighted by Gasteiger charge is 2.28. The zero-order chi connectivity index (χ0) is 26.6. The Bertz CT molecular complexity index is 1740. The molecule has 0 amide bonds. The number of benzene rings is 2. The van der Waals surface area contributed by atoms with Gasteiger partial charge in [-0.2, -0.15) is 4.98 Å². The quantitative estimate of drug-likeness (QED) is 0.401. The van der Waals surface area contributed by atoms with E-state index < -0.39 is 38.1 Å². The van der Waals surface area contributed by atoms with E-state index in [0.717, 1.165) is 6.07 Å². The minimum absolute atomic E-state index is 0.0204. The Morgan fingerprint density at radius 1 is 1.16 bits per heavy atom. The maximum absolute atomic E-state index is 16.0. The lowest BCUT2D eigenvalue weighted by molar-refractivity contribution is 0.0112. The second-order valence-corrected chi connectivity index (χ2v) is 10.7. The summed E-state index contributed by atoms with van der Waals surface area (Å²) in [5.74, 6) is -1.73. The fraction of sp³-hybridized carbons (Fsp3) is 0.240. The van der Waals surface area contributed by atoms with Crippen LogP contribution in [0.5, 0.6) is 0 Å². The highest BCUT2D eigenvalue weighted by molar-refractivity contribution is 7.92. The Kier molecular flexibility index (Phi) is 5.83. The van der Waals surface area contributed by atoms with Crippen molar-refractivity contribution in [3.63, 3.8) is 0 Å². The number of nitrogens with zero attached hydrogens (tertiary/aromatic N) is 4. The predicted molar refractivity (Wildman–Crippen MR) is 133 cm³/mol. The monoisotopic (exact) mass is 542 g/mol. The van der Waals surface area contributed by atoms with Crippen molar-refractivity contribution in [2.24, 2.45) is 4.99 Å². The zero-order valence-corrected chi connectivity index (χ0v) is 20.8. The summed E-state index contributed by atoms with van der Waals surface area (Å²) >= 11 is 0. The molecular weight excluding hydrogens is 521 g/mol. The molecule has 4 aliphatic heterocycles. The number of aryl methyl sites for hydroxylation is 1. The number of aromatic nitrogens is 3. The molecule has 1 saturated heterocycles. The van der Waals surface area contributed by atoms with E-state index in [4.69, 9.17) is 4.74 Å². The normalized spacial score (nSPS) is 15.8. The molecule has 196 valence electrons. The minimum Gasteiger partial charge on any atom is -0.377 e. The summed E-state index contributed by atoms with van der Waals surface area (Å²) in [4.78, 5) is 12.5. The number of ether oxygens (including phenoxy) is 1. The molecule has 0 spiro atoms. The largest absolute Gasteiger partial charge is 0.377 e. The van der Waals surface area contributed by atoms with Gasteiger partial charge in [0.2, 0.25) is 5.62 Å². The summed E-state index contributed by atoms with van der Waals surface area (Å²) in [5.41, 5.74) is 1.73. The molecule has 6 rings (SSSR count). The highest BCUT2D eigenvalue weighted by atomic mass is 32.2. The number of fused-ring (bicyclic) bond motifs is 3. The Morgan fingerprint density at radius 2 is 1.97 bits per heavy atom. The third kappa shape index (κ3) is 4.17. The second-order valence-electron chi connectivity index (χ2n) is 9.05. The molecule has 4 aliphatic rings. The first-order chi connectivity index (χ1) is 18.2. The van der Waals surface area contributed by atoms with Crippen molar-refractivity contribution in [1.82, 2.24) is 14.5 Å². The molecule has 2 aromatic carbocycles. The van der Waals surface area contributed by atoms with Gasteiger partial charge < -0.3 is 14.6 Å². The standard InChI is InChI=1S/C25H21F3N6O3S/c1-13-2-5-19(33-38(35,36)20-9-15(26)3-4-18(20)27)22(28)21(13)17-8-14-10-30-25(31-16-11-37-12-16)32-23(14)34-7-6-29-24(17)34/h2-5,8-10,16,29,33H,6-7,11-12H2,1H3. The Labute approximate surface area is 215 Å². The molecule has 13 heteroatoms. The molecule has 0 saturated carbocycles. The lowest BCUT2D eigenvalue weighted by Gasteiger charge is -2.21. The van der Waals surface area contributed by atoms with E-state index in [0.29, 0.717) is 72.4 Å². The van der Waals surface area contributed by atoms with Crippen molar-refractivity contribution in [1.29, 1.82) is 0 Å². The summed E-state index contributed by atoms with van der Waals surface area (Å²) < 4.78 is 78.6. The molecule has 38 heavy (non-hydrogen) atoms. The van der Waals surface area contributed by atoms with E-state index in [1.807, 2.05) is 4.57 Å². The van der Waals surface area contributed by atoms with Crippen LogP contribution in [-0.4, -0.2) is 48.8 Å². The Morgan fingerprint density at radius 3 is 2.74 bits per heavy atom. The summed E-state index contributed by atoms with van der Waals surface area (Å²) in [6, 6.07) is 6.58. The van der Waals surface area contributed by atoms with Crippen LogP contribution in [0.15, 0.2) is 52.5 Å². The summed E-state index contributed by atoms with van der Waals surface area (Å²) in [5, 5.41) is 3.26. The first kappa shape index (κ1) is 24.4. The van der Waals surface area contributed by atoms with E-state index in [1.54, 1.807) is 25.3 Å².